The highest BCUT2D eigenvalue weighted by atomic mass is 35.5. The highest BCUT2D eigenvalue weighted by Gasteiger charge is 2.35. The molecule has 1 aliphatic rings. The highest BCUT2D eigenvalue weighted by molar-refractivity contribution is 7.92. The lowest BCUT2D eigenvalue weighted by atomic mass is 9.83. The van der Waals surface area contributed by atoms with Crippen LogP contribution in [0.15, 0.2) is 83.8 Å². The zero-order chi connectivity index (χ0) is 24.9. The van der Waals surface area contributed by atoms with Crippen molar-refractivity contribution in [3.63, 3.8) is 0 Å². The molecule has 0 aromatic heterocycles. The van der Waals surface area contributed by atoms with Crippen LogP contribution in [0.2, 0.25) is 5.02 Å². The number of anilines is 1. The summed E-state index contributed by atoms with van der Waals surface area (Å²) in [7, 11) is -4.29. The molecule has 0 spiro atoms. The van der Waals surface area contributed by atoms with Crippen molar-refractivity contribution in [2.75, 3.05) is 4.72 Å². The lowest BCUT2D eigenvalue weighted by Crippen LogP contribution is -2.22. The molecule has 4 aromatic carbocycles. The number of phenolic OH excluding ortho intramolecular Hbond substituents is 2. The van der Waals surface area contributed by atoms with E-state index in [1.54, 1.807) is 18.2 Å². The molecule has 7 nitrogen and oxygen atoms in total. The molecule has 0 saturated carbocycles. The van der Waals surface area contributed by atoms with Gasteiger partial charge in [0, 0.05) is 27.3 Å². The van der Waals surface area contributed by atoms with E-state index in [4.69, 9.17) is 11.6 Å². The molecule has 9 heteroatoms. The summed E-state index contributed by atoms with van der Waals surface area (Å²) in [6, 6.07) is 20.4. The lowest BCUT2D eigenvalue weighted by Gasteiger charge is -2.21. The first kappa shape index (κ1) is 22.6. The minimum Gasteiger partial charge on any atom is -0.504 e. The molecule has 0 aliphatic heterocycles. The third kappa shape index (κ3) is 3.73. The molecule has 0 bridgehead atoms. The number of fused-ring (bicyclic) bond motifs is 2. The van der Waals surface area contributed by atoms with Crippen LogP contribution >= 0.6 is 11.6 Å². The van der Waals surface area contributed by atoms with Crippen molar-refractivity contribution in [1.82, 2.24) is 0 Å². The summed E-state index contributed by atoms with van der Waals surface area (Å²) in [6.07, 6.45) is 0. The number of ketones is 2. The predicted octanol–water partition coefficient (Wildman–Crippen LogP) is 4.99. The topological polar surface area (TPSA) is 121 Å². The first-order chi connectivity index (χ1) is 16.7. The number of sulfonamides is 1. The first-order valence-corrected chi connectivity index (χ1v) is 12.2. The van der Waals surface area contributed by atoms with Crippen LogP contribution in [-0.2, 0) is 10.0 Å². The van der Waals surface area contributed by atoms with E-state index in [9.17, 15) is 28.2 Å². The fraction of sp³-hybridized carbons (Fsp3) is 0. The van der Waals surface area contributed by atoms with Gasteiger partial charge in [0.2, 0.25) is 0 Å². The number of carbonyl (C=O) groups excluding carboxylic acids is 2. The van der Waals surface area contributed by atoms with E-state index in [-0.39, 0.29) is 32.2 Å². The Kier molecular flexibility index (Phi) is 5.35. The van der Waals surface area contributed by atoms with E-state index >= 15 is 0 Å². The van der Waals surface area contributed by atoms with Gasteiger partial charge in [0.25, 0.3) is 10.0 Å². The van der Waals surface area contributed by atoms with Gasteiger partial charge in [-0.15, -0.1) is 0 Å². The number of hydrogen-bond acceptors (Lipinski definition) is 6. The molecule has 5 rings (SSSR count). The van der Waals surface area contributed by atoms with E-state index < -0.39 is 38.8 Å². The van der Waals surface area contributed by atoms with Crippen LogP contribution in [0.3, 0.4) is 0 Å². The van der Waals surface area contributed by atoms with Gasteiger partial charge in [-0.1, -0.05) is 72.3 Å². The molecular formula is C26H16ClNO6S. The van der Waals surface area contributed by atoms with Crippen LogP contribution in [0.5, 0.6) is 11.5 Å². The molecule has 0 fully saturated rings. The Balaban J connectivity index is 1.55. The molecule has 35 heavy (non-hydrogen) atoms. The SMILES string of the molecule is O=C1c2ccccc2C(=O)c2c1cc(NS(=O)(=O)c1ccc(-c3ccccc3)c(Cl)c1)c(O)c2O. The highest BCUT2D eigenvalue weighted by Crippen LogP contribution is 2.43. The molecule has 0 unspecified atom stereocenters. The van der Waals surface area contributed by atoms with Gasteiger partial charge in [-0.25, -0.2) is 8.42 Å². The van der Waals surface area contributed by atoms with Crippen LogP contribution in [0.1, 0.15) is 31.8 Å². The van der Waals surface area contributed by atoms with Crippen LogP contribution in [-0.4, -0.2) is 30.2 Å². The average Bonchev–Trinajstić information content (AvgIpc) is 2.85. The summed E-state index contributed by atoms with van der Waals surface area (Å²) in [5.41, 5.74) is 0.570. The minimum atomic E-state index is -4.29. The van der Waals surface area contributed by atoms with Crippen molar-refractivity contribution in [3.05, 3.63) is 106 Å². The van der Waals surface area contributed by atoms with Gasteiger partial charge < -0.3 is 10.2 Å². The van der Waals surface area contributed by atoms with Crippen LogP contribution in [0.25, 0.3) is 11.1 Å². The van der Waals surface area contributed by atoms with Gasteiger partial charge in [0.1, 0.15) is 0 Å². The maximum Gasteiger partial charge on any atom is 0.262 e. The maximum absolute atomic E-state index is 13.1. The third-order valence-electron chi connectivity index (χ3n) is 5.74. The molecule has 0 radical (unpaired) electrons. The molecule has 174 valence electrons. The van der Waals surface area contributed by atoms with Crippen molar-refractivity contribution in [2.45, 2.75) is 4.90 Å². The van der Waals surface area contributed by atoms with E-state index in [0.717, 1.165) is 11.6 Å². The number of halogens is 1. The molecular weight excluding hydrogens is 490 g/mol. The largest absolute Gasteiger partial charge is 0.504 e. The monoisotopic (exact) mass is 505 g/mol. The van der Waals surface area contributed by atoms with Gasteiger partial charge >= 0.3 is 0 Å². The van der Waals surface area contributed by atoms with E-state index in [2.05, 4.69) is 4.72 Å². The number of nitrogens with one attached hydrogen (secondary N) is 1. The maximum atomic E-state index is 13.1. The molecule has 1 aliphatic carbocycles. The third-order valence-corrected chi connectivity index (χ3v) is 7.42. The summed E-state index contributed by atoms with van der Waals surface area (Å²) in [6.45, 7) is 0. The molecule has 0 amide bonds. The fourth-order valence-electron chi connectivity index (χ4n) is 4.02. The number of aromatic hydroxyl groups is 2. The summed E-state index contributed by atoms with van der Waals surface area (Å²) in [5, 5.41) is 21.2. The molecule has 0 saturated heterocycles. The number of benzene rings is 4. The van der Waals surface area contributed by atoms with E-state index in [1.807, 2.05) is 30.3 Å². The minimum absolute atomic E-state index is 0.0844. The van der Waals surface area contributed by atoms with E-state index in [0.29, 0.717) is 5.56 Å². The zero-order valence-corrected chi connectivity index (χ0v) is 19.4. The number of carbonyl (C=O) groups is 2. The number of hydrogen-bond donors (Lipinski definition) is 3. The molecule has 0 heterocycles. The Morgan fingerprint density at radius 2 is 1.31 bits per heavy atom. The van der Waals surface area contributed by atoms with Gasteiger partial charge in [-0.3, -0.25) is 14.3 Å². The van der Waals surface area contributed by atoms with E-state index in [1.165, 1.54) is 24.3 Å². The van der Waals surface area contributed by atoms with Gasteiger partial charge in [0.15, 0.2) is 23.1 Å². The standard InChI is InChI=1S/C26H16ClNO6S/c27-20-12-15(10-11-16(20)14-6-2-1-3-7-14)35(33,34)28-21-13-19-22(26(32)25(21)31)24(30)18-9-5-4-8-17(18)23(19)29/h1-13,28,31-32H. The summed E-state index contributed by atoms with van der Waals surface area (Å²) in [4.78, 5) is 25.6. The predicted molar refractivity (Wildman–Crippen MR) is 131 cm³/mol. The second-order valence-corrected chi connectivity index (χ2v) is 9.95. The molecule has 3 N–H and O–H groups in total. The Labute approximate surface area is 205 Å². The Morgan fingerprint density at radius 3 is 1.97 bits per heavy atom. The second-order valence-electron chi connectivity index (χ2n) is 7.86. The summed E-state index contributed by atoms with van der Waals surface area (Å²) < 4.78 is 28.3. The van der Waals surface area contributed by atoms with Crippen LogP contribution < -0.4 is 4.72 Å². The smallest absolute Gasteiger partial charge is 0.262 e. The van der Waals surface area contributed by atoms with Gasteiger partial charge in [0.05, 0.1) is 16.1 Å². The lowest BCUT2D eigenvalue weighted by molar-refractivity contribution is 0.0976. The summed E-state index contributed by atoms with van der Waals surface area (Å²) in [5.74, 6) is -2.99. The number of rotatable bonds is 4. The molecule has 4 aromatic rings. The van der Waals surface area contributed by atoms with Crippen molar-refractivity contribution in [1.29, 1.82) is 0 Å². The van der Waals surface area contributed by atoms with Gasteiger partial charge in [-0.2, -0.15) is 0 Å². The molecule has 0 atom stereocenters. The first-order valence-electron chi connectivity index (χ1n) is 10.3. The normalized spacial score (nSPS) is 12.7. The van der Waals surface area contributed by atoms with Crippen molar-refractivity contribution >= 4 is 38.9 Å². The average molecular weight is 506 g/mol. The van der Waals surface area contributed by atoms with Crippen molar-refractivity contribution < 1.29 is 28.2 Å². The van der Waals surface area contributed by atoms with Gasteiger partial charge in [-0.05, 0) is 23.8 Å². The Bertz CT molecular complexity index is 1650. The van der Waals surface area contributed by atoms with Crippen molar-refractivity contribution in [3.8, 4) is 22.6 Å². The Hall–Kier alpha value is -4.14. The summed E-state index contributed by atoms with van der Waals surface area (Å²) >= 11 is 6.34. The van der Waals surface area contributed by atoms with Crippen LogP contribution in [0.4, 0.5) is 5.69 Å². The Morgan fingerprint density at radius 1 is 0.686 bits per heavy atom. The fourth-order valence-corrected chi connectivity index (χ4v) is 5.46. The second kappa shape index (κ2) is 8.26. The van der Waals surface area contributed by atoms with Crippen LogP contribution in [0, 0.1) is 0 Å². The van der Waals surface area contributed by atoms with Crippen molar-refractivity contribution in [2.24, 2.45) is 0 Å². The zero-order valence-electron chi connectivity index (χ0n) is 17.8. The quantitative estimate of drug-likeness (QED) is 0.296. The number of phenols is 2.